The van der Waals surface area contributed by atoms with E-state index >= 15 is 0 Å². The van der Waals surface area contributed by atoms with Crippen molar-refractivity contribution < 1.29 is 19.0 Å². The lowest BCUT2D eigenvalue weighted by Gasteiger charge is -2.07. The minimum Gasteiger partial charge on any atom is -0.497 e. The van der Waals surface area contributed by atoms with E-state index in [1.807, 2.05) is 36.4 Å². The number of benzene rings is 2. The van der Waals surface area contributed by atoms with Gasteiger partial charge in [-0.3, -0.25) is 0 Å². The van der Waals surface area contributed by atoms with Crippen LogP contribution in [0.25, 0.3) is 0 Å². The molecular formula is C18H21O4S+. The van der Waals surface area contributed by atoms with Gasteiger partial charge in [-0.2, -0.15) is 0 Å². The van der Waals surface area contributed by atoms with Gasteiger partial charge in [0.2, 0.25) is 0 Å². The highest BCUT2D eigenvalue weighted by atomic mass is 32.2. The molecule has 1 unspecified atom stereocenters. The summed E-state index contributed by atoms with van der Waals surface area (Å²) in [7, 11) is 1.83. The van der Waals surface area contributed by atoms with Gasteiger partial charge < -0.3 is 14.2 Å². The van der Waals surface area contributed by atoms with Gasteiger partial charge in [0, 0.05) is 10.9 Å². The normalized spacial score (nSPS) is 11.6. The Kier molecular flexibility index (Phi) is 6.35. The van der Waals surface area contributed by atoms with Crippen molar-refractivity contribution in [2.45, 2.75) is 18.4 Å². The molecule has 2 rings (SSSR count). The van der Waals surface area contributed by atoms with Crippen LogP contribution in [-0.4, -0.2) is 25.3 Å². The van der Waals surface area contributed by atoms with Gasteiger partial charge >= 0.3 is 6.16 Å². The van der Waals surface area contributed by atoms with E-state index < -0.39 is 6.16 Å². The largest absolute Gasteiger partial charge is 0.514 e. The third-order valence-corrected chi connectivity index (χ3v) is 5.32. The summed E-state index contributed by atoms with van der Waals surface area (Å²) >= 11 is 0. The summed E-state index contributed by atoms with van der Waals surface area (Å²) in [5, 5.41) is 0. The van der Waals surface area contributed by atoms with Gasteiger partial charge in [0.15, 0.2) is 4.90 Å². The Balaban J connectivity index is 1.84. The molecule has 2 aromatic rings. The Morgan fingerprint density at radius 1 is 1.00 bits per heavy atom. The zero-order chi connectivity index (χ0) is 16.7. The van der Waals surface area contributed by atoms with Gasteiger partial charge in [0.25, 0.3) is 0 Å². The van der Waals surface area contributed by atoms with Crippen LogP contribution in [0.3, 0.4) is 0 Å². The van der Waals surface area contributed by atoms with Gasteiger partial charge in [-0.05, 0) is 48.9 Å². The SMILES string of the molecule is CC[S+](C)c1ccc(OC(=O)OCc2ccc(OC)cc2)cc1. The van der Waals surface area contributed by atoms with Gasteiger partial charge in [0.05, 0.1) is 7.11 Å². The lowest BCUT2D eigenvalue weighted by Crippen LogP contribution is -2.10. The van der Waals surface area contributed by atoms with E-state index in [1.165, 1.54) is 4.90 Å². The smallest absolute Gasteiger partial charge is 0.497 e. The second kappa shape index (κ2) is 8.48. The molecule has 0 saturated carbocycles. The number of rotatable bonds is 6. The minimum absolute atomic E-state index is 0.162. The Bertz CT molecular complexity index is 622. The third-order valence-electron chi connectivity index (χ3n) is 3.38. The summed E-state index contributed by atoms with van der Waals surface area (Å²) in [5.74, 6) is 2.35. The van der Waals surface area contributed by atoms with Crippen molar-refractivity contribution in [3.63, 3.8) is 0 Å². The number of methoxy groups -OCH3 is 1. The van der Waals surface area contributed by atoms with Crippen LogP contribution in [0.15, 0.2) is 53.4 Å². The molecule has 2 aromatic carbocycles. The Hall–Kier alpha value is -2.14. The summed E-state index contributed by atoms with van der Waals surface area (Å²) in [5.41, 5.74) is 0.871. The second-order valence-electron chi connectivity index (χ2n) is 4.89. The van der Waals surface area contributed by atoms with Crippen LogP contribution < -0.4 is 9.47 Å². The summed E-state index contributed by atoms with van der Waals surface area (Å²) in [6, 6.07) is 14.9. The molecule has 0 radical (unpaired) electrons. The molecule has 0 saturated heterocycles. The molecule has 5 heteroatoms. The molecule has 0 aliphatic rings. The number of ether oxygens (including phenoxy) is 3. The first-order valence-electron chi connectivity index (χ1n) is 7.32. The maximum Gasteiger partial charge on any atom is 0.514 e. The number of hydrogen-bond acceptors (Lipinski definition) is 4. The van der Waals surface area contributed by atoms with Gasteiger partial charge in [0.1, 0.15) is 30.1 Å². The van der Waals surface area contributed by atoms with Gasteiger partial charge in [-0.15, -0.1) is 0 Å². The number of carbonyl (C=O) groups is 1. The maximum atomic E-state index is 11.7. The molecular weight excluding hydrogens is 312 g/mol. The highest BCUT2D eigenvalue weighted by molar-refractivity contribution is 7.96. The molecule has 0 fully saturated rings. The van der Waals surface area contributed by atoms with Crippen LogP contribution >= 0.6 is 0 Å². The Morgan fingerprint density at radius 3 is 2.17 bits per heavy atom. The topological polar surface area (TPSA) is 44.8 Å². The van der Waals surface area contributed by atoms with Crippen LogP contribution in [0.1, 0.15) is 12.5 Å². The van der Waals surface area contributed by atoms with Crippen LogP contribution in [0.2, 0.25) is 0 Å². The molecule has 0 aromatic heterocycles. The van der Waals surface area contributed by atoms with Crippen molar-refractivity contribution >= 4 is 17.1 Å². The number of carbonyl (C=O) groups excluding carboxylic acids is 1. The lowest BCUT2D eigenvalue weighted by atomic mass is 10.2. The van der Waals surface area contributed by atoms with E-state index in [0.717, 1.165) is 17.1 Å². The van der Waals surface area contributed by atoms with Crippen LogP contribution in [0.5, 0.6) is 11.5 Å². The molecule has 0 amide bonds. The molecule has 0 aliphatic heterocycles. The third kappa shape index (κ3) is 5.21. The van der Waals surface area contributed by atoms with Crippen molar-refractivity contribution in [3.05, 3.63) is 54.1 Å². The monoisotopic (exact) mass is 333 g/mol. The summed E-state index contributed by atoms with van der Waals surface area (Å²) in [6.45, 7) is 2.32. The van der Waals surface area contributed by atoms with Crippen LogP contribution in [-0.2, 0) is 22.2 Å². The fraction of sp³-hybridized carbons (Fsp3) is 0.278. The van der Waals surface area contributed by atoms with E-state index in [1.54, 1.807) is 19.2 Å². The zero-order valence-corrected chi connectivity index (χ0v) is 14.4. The maximum absolute atomic E-state index is 11.7. The first-order chi connectivity index (χ1) is 11.1. The van der Waals surface area contributed by atoms with E-state index in [2.05, 4.69) is 13.2 Å². The highest BCUT2D eigenvalue weighted by Crippen LogP contribution is 2.18. The standard InChI is InChI=1S/C18H21O4S/c1-4-23(3)17-11-9-16(10-12-17)22-18(19)21-13-14-5-7-15(20-2)8-6-14/h5-12H,4,13H2,1-3H3/q+1. The quantitative estimate of drug-likeness (QED) is 0.455. The fourth-order valence-corrected chi connectivity index (χ4v) is 2.83. The molecule has 0 spiro atoms. The van der Waals surface area contributed by atoms with E-state index in [4.69, 9.17) is 14.2 Å². The molecule has 0 N–H and O–H groups in total. The van der Waals surface area contributed by atoms with Crippen LogP contribution in [0.4, 0.5) is 4.79 Å². The van der Waals surface area contributed by atoms with E-state index in [0.29, 0.717) is 5.75 Å². The predicted octanol–water partition coefficient (Wildman–Crippen LogP) is 4.04. The molecule has 0 aliphatic carbocycles. The first-order valence-corrected chi connectivity index (χ1v) is 9.12. The van der Waals surface area contributed by atoms with Crippen LogP contribution in [0, 0.1) is 0 Å². The van der Waals surface area contributed by atoms with Crippen molar-refractivity contribution in [2.75, 3.05) is 19.1 Å². The molecule has 0 bridgehead atoms. The molecule has 122 valence electrons. The average Bonchev–Trinajstić information content (AvgIpc) is 2.60. The summed E-state index contributed by atoms with van der Waals surface area (Å²) in [4.78, 5) is 13.0. The van der Waals surface area contributed by atoms with Crippen molar-refractivity contribution in [1.29, 1.82) is 0 Å². The summed E-state index contributed by atoms with van der Waals surface area (Å²) in [6.07, 6.45) is 1.48. The highest BCUT2D eigenvalue weighted by Gasteiger charge is 2.13. The van der Waals surface area contributed by atoms with Crippen molar-refractivity contribution in [1.82, 2.24) is 0 Å². The van der Waals surface area contributed by atoms with Crippen molar-refractivity contribution in [2.24, 2.45) is 0 Å². The molecule has 4 nitrogen and oxygen atoms in total. The Labute approximate surface area is 139 Å². The summed E-state index contributed by atoms with van der Waals surface area (Å²) < 4.78 is 15.3. The van der Waals surface area contributed by atoms with E-state index in [9.17, 15) is 4.79 Å². The Morgan fingerprint density at radius 2 is 1.61 bits per heavy atom. The molecule has 0 heterocycles. The van der Waals surface area contributed by atoms with Gasteiger partial charge in [-0.25, -0.2) is 4.79 Å². The minimum atomic E-state index is -0.709. The lowest BCUT2D eigenvalue weighted by molar-refractivity contribution is 0.0927. The average molecular weight is 333 g/mol. The second-order valence-corrected chi connectivity index (χ2v) is 7.21. The first kappa shape index (κ1) is 17.2. The predicted molar refractivity (Wildman–Crippen MR) is 92.3 cm³/mol. The number of hydrogen-bond donors (Lipinski definition) is 0. The van der Waals surface area contributed by atoms with Crippen molar-refractivity contribution in [3.8, 4) is 11.5 Å². The zero-order valence-electron chi connectivity index (χ0n) is 13.6. The molecule has 23 heavy (non-hydrogen) atoms. The van der Waals surface area contributed by atoms with Gasteiger partial charge in [-0.1, -0.05) is 12.1 Å². The fourth-order valence-electron chi connectivity index (χ4n) is 1.90. The molecule has 1 atom stereocenters. The van der Waals surface area contributed by atoms with E-state index in [-0.39, 0.29) is 17.5 Å².